The monoisotopic (exact) mass is 748 g/mol. The molecule has 10 aromatic carbocycles. The van der Waals surface area contributed by atoms with Crippen LogP contribution in [0.15, 0.2) is 231 Å². The van der Waals surface area contributed by atoms with Gasteiger partial charge in [0.1, 0.15) is 0 Å². The Kier molecular flexibility index (Phi) is 7.68. The van der Waals surface area contributed by atoms with Gasteiger partial charge in [0, 0.05) is 11.8 Å². The van der Waals surface area contributed by atoms with Crippen LogP contribution in [0.3, 0.4) is 0 Å². The summed E-state index contributed by atoms with van der Waals surface area (Å²) in [6, 6.07) is 86.6. The molecule has 0 fully saturated rings. The van der Waals surface area contributed by atoms with Crippen molar-refractivity contribution in [3.05, 3.63) is 286 Å². The molecular weight excluding hydrogens is 709 g/mol. The van der Waals surface area contributed by atoms with E-state index in [1.807, 2.05) is 0 Å². The van der Waals surface area contributed by atoms with Crippen LogP contribution < -0.4 is 0 Å². The minimum absolute atomic E-state index is 0.0460. The molecule has 10 aromatic rings. The van der Waals surface area contributed by atoms with E-state index in [1.165, 1.54) is 99.4 Å². The summed E-state index contributed by atoms with van der Waals surface area (Å²) in [7, 11) is 0. The highest BCUT2D eigenvalue weighted by molar-refractivity contribution is 5.96. The molecule has 0 bridgehead atoms. The molecule has 2 atom stereocenters. The SMILES string of the molecule is c1ccc(C(c2ccc3c(c2)C2(c4ccccc4-c4ccccc42)c2cc(C(c4ccccc4)c4cccc5ccccc45)ccc2-3)c2cccc3ccccc23)cc1. The molecule has 0 N–H and O–H groups in total. The van der Waals surface area contributed by atoms with Gasteiger partial charge in [-0.3, -0.25) is 0 Å². The van der Waals surface area contributed by atoms with Gasteiger partial charge in [-0.1, -0.05) is 231 Å². The first-order valence-electron chi connectivity index (χ1n) is 20.8. The molecule has 0 heterocycles. The van der Waals surface area contributed by atoms with Crippen molar-refractivity contribution in [1.29, 1.82) is 0 Å². The molecule has 0 saturated carbocycles. The molecule has 2 unspecified atom stereocenters. The number of benzene rings is 10. The summed E-state index contributed by atoms with van der Waals surface area (Å²) in [5, 5.41) is 5.12. The lowest BCUT2D eigenvalue weighted by Gasteiger charge is -2.32. The van der Waals surface area contributed by atoms with Crippen molar-refractivity contribution in [3.63, 3.8) is 0 Å². The van der Waals surface area contributed by atoms with Crippen molar-refractivity contribution in [3.8, 4) is 22.3 Å². The summed E-state index contributed by atoms with van der Waals surface area (Å²) in [6.45, 7) is 0. The predicted octanol–water partition coefficient (Wildman–Crippen LogP) is 14.7. The Hall–Kier alpha value is -7.28. The third kappa shape index (κ3) is 5.03. The van der Waals surface area contributed by atoms with Crippen LogP contribution in [0.2, 0.25) is 0 Å². The molecule has 0 amide bonds. The lowest BCUT2D eigenvalue weighted by atomic mass is 9.69. The van der Waals surface area contributed by atoms with E-state index in [1.54, 1.807) is 0 Å². The van der Waals surface area contributed by atoms with Crippen LogP contribution in [0.1, 0.15) is 67.5 Å². The first kappa shape index (κ1) is 33.8. The standard InChI is InChI=1S/C59H40/c1-3-19-41(20-4-1)57(51-29-15-23-39-17-7-9-25-45(39)51)43-33-35-49-50-36-34-44(58(42-21-5-2-6-22-42)52-30-16-24-40-18-8-10-26-46(40)52)38-56(50)59(55(49)37-43)53-31-13-11-27-47(53)48-28-12-14-32-54(48)59/h1-38,57-58H. The van der Waals surface area contributed by atoms with E-state index in [0.717, 1.165) is 0 Å². The van der Waals surface area contributed by atoms with Gasteiger partial charge in [0.25, 0.3) is 0 Å². The van der Waals surface area contributed by atoms with Gasteiger partial charge in [-0.05, 0) is 99.4 Å². The van der Waals surface area contributed by atoms with Crippen LogP contribution in [0.5, 0.6) is 0 Å². The Bertz CT molecular complexity index is 3000. The summed E-state index contributed by atoms with van der Waals surface area (Å²) >= 11 is 0. The fourth-order valence-electron chi connectivity index (χ4n) is 10.9. The second-order valence-electron chi connectivity index (χ2n) is 16.3. The molecule has 0 saturated heterocycles. The number of rotatable bonds is 6. The Morgan fingerprint density at radius 3 is 1.10 bits per heavy atom. The van der Waals surface area contributed by atoms with Crippen LogP contribution in [0.4, 0.5) is 0 Å². The second-order valence-corrected chi connectivity index (χ2v) is 16.3. The molecule has 0 nitrogen and oxygen atoms in total. The van der Waals surface area contributed by atoms with E-state index < -0.39 is 5.41 Å². The Balaban J connectivity index is 1.14. The first-order chi connectivity index (χ1) is 29.3. The van der Waals surface area contributed by atoms with Crippen molar-refractivity contribution < 1.29 is 0 Å². The van der Waals surface area contributed by atoms with Crippen LogP contribution in [0.25, 0.3) is 43.8 Å². The minimum Gasteiger partial charge on any atom is -0.0622 e. The van der Waals surface area contributed by atoms with Gasteiger partial charge in [-0.2, -0.15) is 0 Å². The number of hydrogen-bond donors (Lipinski definition) is 0. The molecule has 2 aliphatic carbocycles. The van der Waals surface area contributed by atoms with Crippen molar-refractivity contribution in [2.75, 3.05) is 0 Å². The molecule has 0 heteroatoms. The topological polar surface area (TPSA) is 0 Å². The number of fused-ring (bicyclic) bond motifs is 12. The lowest BCUT2D eigenvalue weighted by Crippen LogP contribution is -2.26. The van der Waals surface area contributed by atoms with Crippen molar-refractivity contribution in [2.45, 2.75) is 17.3 Å². The molecule has 0 radical (unpaired) electrons. The Labute approximate surface area is 345 Å². The van der Waals surface area contributed by atoms with Gasteiger partial charge in [0.15, 0.2) is 0 Å². The average Bonchev–Trinajstić information content (AvgIpc) is 3.77. The largest absolute Gasteiger partial charge is 0.0725 e. The maximum atomic E-state index is 2.58. The molecule has 0 aromatic heterocycles. The summed E-state index contributed by atoms with van der Waals surface area (Å²) in [5.74, 6) is 0.0919. The third-order valence-electron chi connectivity index (χ3n) is 13.3. The Morgan fingerprint density at radius 1 is 0.254 bits per heavy atom. The van der Waals surface area contributed by atoms with Gasteiger partial charge >= 0.3 is 0 Å². The van der Waals surface area contributed by atoms with Gasteiger partial charge in [0.05, 0.1) is 5.41 Å². The van der Waals surface area contributed by atoms with Crippen molar-refractivity contribution >= 4 is 21.5 Å². The predicted molar refractivity (Wildman–Crippen MR) is 245 cm³/mol. The van der Waals surface area contributed by atoms with E-state index in [9.17, 15) is 0 Å². The fourth-order valence-corrected chi connectivity index (χ4v) is 10.9. The van der Waals surface area contributed by atoms with Crippen molar-refractivity contribution in [2.24, 2.45) is 0 Å². The molecule has 1 spiro atoms. The smallest absolute Gasteiger partial charge is 0.0622 e. The highest BCUT2D eigenvalue weighted by atomic mass is 14.5. The summed E-state index contributed by atoms with van der Waals surface area (Å²) < 4.78 is 0. The zero-order valence-corrected chi connectivity index (χ0v) is 32.6. The molecule has 59 heavy (non-hydrogen) atoms. The van der Waals surface area contributed by atoms with Crippen LogP contribution in [-0.2, 0) is 5.41 Å². The maximum Gasteiger partial charge on any atom is 0.0725 e. The fraction of sp³-hybridized carbons (Fsp3) is 0.0508. The van der Waals surface area contributed by atoms with Gasteiger partial charge in [-0.25, -0.2) is 0 Å². The van der Waals surface area contributed by atoms with Crippen LogP contribution in [0, 0.1) is 0 Å². The molecule has 2 aliphatic rings. The third-order valence-corrected chi connectivity index (χ3v) is 13.3. The van der Waals surface area contributed by atoms with Gasteiger partial charge < -0.3 is 0 Å². The zero-order chi connectivity index (χ0) is 38.9. The van der Waals surface area contributed by atoms with E-state index in [2.05, 4.69) is 231 Å². The summed E-state index contributed by atoms with van der Waals surface area (Å²) in [4.78, 5) is 0. The van der Waals surface area contributed by atoms with E-state index >= 15 is 0 Å². The lowest BCUT2D eigenvalue weighted by molar-refractivity contribution is 0.786. The number of hydrogen-bond acceptors (Lipinski definition) is 0. The van der Waals surface area contributed by atoms with Gasteiger partial charge in [0.2, 0.25) is 0 Å². The normalized spacial score (nSPS) is 14.1. The maximum absolute atomic E-state index is 2.58. The molecule has 276 valence electrons. The highest BCUT2D eigenvalue weighted by Gasteiger charge is 2.52. The van der Waals surface area contributed by atoms with Crippen LogP contribution in [-0.4, -0.2) is 0 Å². The Morgan fingerprint density at radius 2 is 0.627 bits per heavy atom. The molecule has 0 aliphatic heterocycles. The summed E-state index contributed by atoms with van der Waals surface area (Å²) in [6.07, 6.45) is 0. The van der Waals surface area contributed by atoms with Gasteiger partial charge in [-0.15, -0.1) is 0 Å². The quantitative estimate of drug-likeness (QED) is 0.149. The van der Waals surface area contributed by atoms with E-state index in [-0.39, 0.29) is 11.8 Å². The second kappa shape index (κ2) is 13.4. The van der Waals surface area contributed by atoms with E-state index in [4.69, 9.17) is 0 Å². The average molecular weight is 749 g/mol. The van der Waals surface area contributed by atoms with E-state index in [0.29, 0.717) is 0 Å². The van der Waals surface area contributed by atoms with Crippen LogP contribution >= 0.6 is 0 Å². The summed E-state index contributed by atoms with van der Waals surface area (Å²) in [5.41, 5.74) is 18.1. The minimum atomic E-state index is -0.496. The highest BCUT2D eigenvalue weighted by Crippen LogP contribution is 2.63. The molecular formula is C59H40. The molecule has 12 rings (SSSR count). The van der Waals surface area contributed by atoms with Crippen molar-refractivity contribution in [1.82, 2.24) is 0 Å². The zero-order valence-electron chi connectivity index (χ0n) is 32.6. The first-order valence-corrected chi connectivity index (χ1v) is 20.8.